The van der Waals surface area contributed by atoms with Gasteiger partial charge in [-0.3, -0.25) is 20.4 Å². The SMILES string of the molecule is Cc1cccc(OCCCCC(=O)NNC(=O)c2ccc(COc3ccccc3)o2)c1. The van der Waals surface area contributed by atoms with Gasteiger partial charge in [-0.15, -0.1) is 0 Å². The summed E-state index contributed by atoms with van der Waals surface area (Å²) in [7, 11) is 0. The Bertz CT molecular complexity index is 984. The van der Waals surface area contributed by atoms with Gasteiger partial charge in [0.1, 0.15) is 23.9 Å². The first kappa shape index (κ1) is 22.0. The van der Waals surface area contributed by atoms with Crippen LogP contribution in [0.3, 0.4) is 0 Å². The topological polar surface area (TPSA) is 89.8 Å². The number of hydrogen-bond donors (Lipinski definition) is 2. The summed E-state index contributed by atoms with van der Waals surface area (Å²) in [5.41, 5.74) is 5.89. The molecule has 0 radical (unpaired) electrons. The molecule has 0 aliphatic carbocycles. The van der Waals surface area contributed by atoms with Gasteiger partial charge < -0.3 is 13.9 Å². The van der Waals surface area contributed by atoms with E-state index in [1.807, 2.05) is 61.5 Å². The molecule has 31 heavy (non-hydrogen) atoms. The lowest BCUT2D eigenvalue weighted by molar-refractivity contribution is -0.122. The number of benzene rings is 2. The molecule has 0 aliphatic heterocycles. The number of ether oxygens (including phenoxy) is 2. The monoisotopic (exact) mass is 422 g/mol. The fraction of sp³-hybridized carbons (Fsp3) is 0.250. The van der Waals surface area contributed by atoms with Crippen molar-refractivity contribution in [3.63, 3.8) is 0 Å². The molecule has 0 unspecified atom stereocenters. The van der Waals surface area contributed by atoms with E-state index < -0.39 is 5.91 Å². The first-order valence-electron chi connectivity index (χ1n) is 10.2. The number of furan rings is 1. The Morgan fingerprint density at radius 2 is 1.68 bits per heavy atom. The summed E-state index contributed by atoms with van der Waals surface area (Å²) >= 11 is 0. The van der Waals surface area contributed by atoms with Gasteiger partial charge in [-0.2, -0.15) is 0 Å². The van der Waals surface area contributed by atoms with Crippen LogP contribution >= 0.6 is 0 Å². The molecule has 2 N–H and O–H groups in total. The summed E-state index contributed by atoms with van der Waals surface area (Å²) in [6.45, 7) is 2.74. The number of carbonyl (C=O) groups excluding carboxylic acids is 2. The van der Waals surface area contributed by atoms with E-state index in [4.69, 9.17) is 13.9 Å². The van der Waals surface area contributed by atoms with Crippen LogP contribution in [0.25, 0.3) is 0 Å². The van der Waals surface area contributed by atoms with Crippen molar-refractivity contribution in [3.05, 3.63) is 83.8 Å². The molecule has 3 aromatic rings. The van der Waals surface area contributed by atoms with Crippen molar-refractivity contribution in [2.45, 2.75) is 32.8 Å². The molecule has 1 aromatic heterocycles. The number of amides is 2. The second-order valence-electron chi connectivity index (χ2n) is 6.99. The molecule has 2 aromatic carbocycles. The van der Waals surface area contributed by atoms with Gasteiger partial charge in [-0.05, 0) is 61.7 Å². The van der Waals surface area contributed by atoms with Crippen molar-refractivity contribution in [1.29, 1.82) is 0 Å². The smallest absolute Gasteiger partial charge is 0.305 e. The van der Waals surface area contributed by atoms with Crippen molar-refractivity contribution in [1.82, 2.24) is 10.9 Å². The lowest BCUT2D eigenvalue weighted by atomic mass is 10.2. The molecule has 7 heteroatoms. The van der Waals surface area contributed by atoms with Gasteiger partial charge in [0.15, 0.2) is 5.76 Å². The van der Waals surface area contributed by atoms with Crippen molar-refractivity contribution >= 4 is 11.8 Å². The zero-order valence-electron chi connectivity index (χ0n) is 17.4. The average Bonchev–Trinajstić information content (AvgIpc) is 3.26. The lowest BCUT2D eigenvalue weighted by Gasteiger charge is -2.08. The minimum atomic E-state index is -0.526. The highest BCUT2D eigenvalue weighted by Gasteiger charge is 2.12. The molecule has 0 atom stereocenters. The average molecular weight is 422 g/mol. The van der Waals surface area contributed by atoms with Crippen molar-refractivity contribution < 1.29 is 23.5 Å². The molecule has 7 nitrogen and oxygen atoms in total. The van der Waals surface area contributed by atoms with E-state index in [0.717, 1.165) is 17.7 Å². The number of para-hydroxylation sites is 1. The van der Waals surface area contributed by atoms with Crippen LogP contribution in [0.5, 0.6) is 11.5 Å². The molecule has 0 spiro atoms. The predicted molar refractivity (Wildman–Crippen MR) is 116 cm³/mol. The van der Waals surface area contributed by atoms with E-state index in [0.29, 0.717) is 24.5 Å². The van der Waals surface area contributed by atoms with Crippen molar-refractivity contribution in [3.8, 4) is 11.5 Å². The molecular formula is C24H26N2O5. The molecule has 0 bridgehead atoms. The highest BCUT2D eigenvalue weighted by Crippen LogP contribution is 2.14. The first-order valence-corrected chi connectivity index (χ1v) is 10.2. The van der Waals surface area contributed by atoms with Crippen LogP contribution in [0, 0.1) is 6.92 Å². The molecular weight excluding hydrogens is 396 g/mol. The Kier molecular flexibility index (Phi) is 8.11. The first-order chi connectivity index (χ1) is 15.1. The Hall–Kier alpha value is -3.74. The fourth-order valence-corrected chi connectivity index (χ4v) is 2.78. The third-order valence-corrected chi connectivity index (χ3v) is 4.38. The molecule has 0 fully saturated rings. The van der Waals surface area contributed by atoms with Crippen LogP contribution in [0.2, 0.25) is 0 Å². The Morgan fingerprint density at radius 3 is 2.48 bits per heavy atom. The second kappa shape index (κ2) is 11.4. The lowest BCUT2D eigenvalue weighted by Crippen LogP contribution is -2.41. The van der Waals surface area contributed by atoms with Crippen LogP contribution in [-0.2, 0) is 11.4 Å². The van der Waals surface area contributed by atoms with Crippen LogP contribution in [-0.4, -0.2) is 18.4 Å². The number of hydrogen-bond acceptors (Lipinski definition) is 5. The summed E-state index contributed by atoms with van der Waals surface area (Å²) in [6.07, 6.45) is 1.67. The van der Waals surface area contributed by atoms with Crippen LogP contribution in [0.1, 0.15) is 41.1 Å². The van der Waals surface area contributed by atoms with Gasteiger partial charge in [0.2, 0.25) is 5.91 Å². The molecule has 0 aliphatic rings. The van der Waals surface area contributed by atoms with Crippen LogP contribution in [0.4, 0.5) is 0 Å². The Morgan fingerprint density at radius 1 is 0.871 bits per heavy atom. The predicted octanol–water partition coefficient (Wildman–Crippen LogP) is 4.18. The van der Waals surface area contributed by atoms with Gasteiger partial charge in [0, 0.05) is 6.42 Å². The van der Waals surface area contributed by atoms with Gasteiger partial charge in [0.25, 0.3) is 0 Å². The van der Waals surface area contributed by atoms with E-state index >= 15 is 0 Å². The maximum Gasteiger partial charge on any atom is 0.305 e. The second-order valence-corrected chi connectivity index (χ2v) is 6.99. The quantitative estimate of drug-likeness (QED) is 0.378. The summed E-state index contributed by atoms with van der Waals surface area (Å²) in [5.74, 6) is 1.34. The van der Waals surface area contributed by atoms with E-state index in [1.165, 1.54) is 6.07 Å². The maximum atomic E-state index is 12.1. The number of rotatable bonds is 10. The third kappa shape index (κ3) is 7.54. The molecule has 0 saturated carbocycles. The zero-order valence-corrected chi connectivity index (χ0v) is 17.4. The zero-order chi connectivity index (χ0) is 21.9. The van der Waals surface area contributed by atoms with Gasteiger partial charge in [-0.1, -0.05) is 30.3 Å². The highest BCUT2D eigenvalue weighted by molar-refractivity contribution is 5.92. The van der Waals surface area contributed by atoms with Crippen LogP contribution in [0.15, 0.2) is 71.1 Å². The number of nitrogens with one attached hydrogen (secondary N) is 2. The van der Waals surface area contributed by atoms with E-state index in [9.17, 15) is 9.59 Å². The third-order valence-electron chi connectivity index (χ3n) is 4.38. The van der Waals surface area contributed by atoms with Gasteiger partial charge in [0.05, 0.1) is 6.61 Å². The number of aryl methyl sites for hydroxylation is 1. The summed E-state index contributed by atoms with van der Waals surface area (Å²) in [4.78, 5) is 24.0. The van der Waals surface area contributed by atoms with E-state index in [2.05, 4.69) is 10.9 Å². The van der Waals surface area contributed by atoms with Crippen molar-refractivity contribution in [2.75, 3.05) is 6.61 Å². The molecule has 2 amide bonds. The maximum absolute atomic E-state index is 12.1. The highest BCUT2D eigenvalue weighted by atomic mass is 16.5. The largest absolute Gasteiger partial charge is 0.494 e. The number of carbonyl (C=O) groups is 2. The summed E-state index contributed by atoms with van der Waals surface area (Å²) in [5, 5.41) is 0. The van der Waals surface area contributed by atoms with Gasteiger partial charge in [-0.25, -0.2) is 0 Å². The molecule has 0 saturated heterocycles. The minimum absolute atomic E-state index is 0.0958. The Balaban J connectivity index is 1.30. The fourth-order valence-electron chi connectivity index (χ4n) is 2.78. The Labute approximate surface area is 181 Å². The normalized spacial score (nSPS) is 10.4. The molecule has 162 valence electrons. The number of unbranched alkanes of at least 4 members (excludes halogenated alkanes) is 1. The summed E-state index contributed by atoms with van der Waals surface area (Å²) in [6, 6.07) is 20.3. The van der Waals surface area contributed by atoms with E-state index in [1.54, 1.807) is 6.07 Å². The summed E-state index contributed by atoms with van der Waals surface area (Å²) < 4.78 is 16.7. The van der Waals surface area contributed by atoms with Crippen LogP contribution < -0.4 is 20.3 Å². The van der Waals surface area contributed by atoms with Crippen molar-refractivity contribution in [2.24, 2.45) is 0 Å². The minimum Gasteiger partial charge on any atom is -0.494 e. The molecule has 3 rings (SSSR count). The number of hydrazine groups is 1. The standard InChI is InChI=1S/C24H26N2O5/c1-18-8-7-11-20(16-18)29-15-6-5-12-23(27)25-26-24(28)22-14-13-21(31-22)17-30-19-9-3-2-4-10-19/h2-4,7-11,13-14,16H,5-6,12,15,17H2,1H3,(H,25,27)(H,26,28). The van der Waals surface area contributed by atoms with E-state index in [-0.39, 0.29) is 24.7 Å². The van der Waals surface area contributed by atoms with Gasteiger partial charge >= 0.3 is 5.91 Å². The molecule has 1 heterocycles.